The predicted octanol–water partition coefficient (Wildman–Crippen LogP) is 5.10. The van der Waals surface area contributed by atoms with Crippen LogP contribution in [0.4, 0.5) is 0 Å². The molecule has 2 aromatic carbocycles. The second-order valence-electron chi connectivity index (χ2n) is 8.47. The molecule has 0 bridgehead atoms. The predicted molar refractivity (Wildman–Crippen MR) is 118 cm³/mol. The van der Waals surface area contributed by atoms with Crippen molar-refractivity contribution in [1.29, 1.82) is 0 Å². The number of aromatic nitrogens is 1. The van der Waals surface area contributed by atoms with Crippen molar-refractivity contribution < 1.29 is 14.3 Å². The van der Waals surface area contributed by atoms with E-state index >= 15 is 0 Å². The third kappa shape index (κ3) is 3.02. The molecule has 0 radical (unpaired) electrons. The number of halogens is 1. The summed E-state index contributed by atoms with van der Waals surface area (Å²) in [5.74, 6) is -0.522. The number of hydrogen-bond acceptors (Lipinski definition) is 3. The largest absolute Gasteiger partial charge is 0.361 e. The van der Waals surface area contributed by atoms with Crippen LogP contribution in [0.25, 0.3) is 21.8 Å². The van der Waals surface area contributed by atoms with Crippen LogP contribution in [-0.4, -0.2) is 43.0 Å². The molecular weight excluding hydrogens is 436 g/mol. The monoisotopic (exact) mass is 458 g/mol. The number of fused-ring (bicyclic) bond motifs is 5. The molecule has 4 rings (SSSR count). The fraction of sp³-hybridized carbons (Fsp3) is 0.333. The molecule has 0 N–H and O–H groups in total. The van der Waals surface area contributed by atoms with Gasteiger partial charge in [0.25, 0.3) is 11.8 Å². The lowest BCUT2D eigenvalue weighted by molar-refractivity contribution is 0.0693. The number of hydrogen-bond donors (Lipinski definition) is 0. The van der Waals surface area contributed by atoms with Gasteiger partial charge in [0, 0.05) is 37.0 Å². The van der Waals surface area contributed by atoms with Gasteiger partial charge in [0.2, 0.25) is 0 Å². The molecule has 0 aliphatic carbocycles. The number of nitrogens with zero attached hydrogens (tertiary/aromatic N) is 2. The van der Waals surface area contributed by atoms with Crippen molar-refractivity contribution in [2.45, 2.75) is 32.4 Å². The van der Waals surface area contributed by atoms with Crippen LogP contribution < -0.4 is 0 Å². The Bertz CT molecular complexity index is 1130. The van der Waals surface area contributed by atoms with Crippen LogP contribution in [0.5, 0.6) is 0 Å². The standard InChI is InChI=1S/C21H23BrN2O3Si/c1-23-20(25)18-14(22)11-16-17(19(18)21(23)26)13-7-5-6-8-15(13)24(16)12-27-9-10-28(2,3)4/h5-8,11H,9-10,12H2,1-4H3. The Labute approximate surface area is 173 Å². The first kappa shape index (κ1) is 19.4. The van der Waals surface area contributed by atoms with E-state index in [4.69, 9.17) is 4.74 Å². The molecule has 3 aromatic rings. The van der Waals surface area contributed by atoms with Crippen LogP contribution in [0.1, 0.15) is 20.7 Å². The van der Waals surface area contributed by atoms with E-state index in [1.165, 1.54) is 11.9 Å². The second-order valence-corrected chi connectivity index (χ2v) is 14.9. The van der Waals surface area contributed by atoms with Crippen LogP contribution in [0.2, 0.25) is 25.7 Å². The van der Waals surface area contributed by atoms with Gasteiger partial charge in [-0.15, -0.1) is 0 Å². The number of rotatable bonds is 5. The Morgan fingerprint density at radius 1 is 1.04 bits per heavy atom. The minimum atomic E-state index is -1.16. The number of carbonyl (C=O) groups is 2. The van der Waals surface area contributed by atoms with Crippen molar-refractivity contribution in [2.75, 3.05) is 13.7 Å². The van der Waals surface area contributed by atoms with Crippen LogP contribution in [-0.2, 0) is 11.5 Å². The van der Waals surface area contributed by atoms with E-state index < -0.39 is 8.07 Å². The lowest BCUT2D eigenvalue weighted by atomic mass is 10.0. The van der Waals surface area contributed by atoms with Crippen molar-refractivity contribution in [3.05, 3.63) is 45.9 Å². The molecule has 1 aliphatic heterocycles. The molecule has 0 saturated carbocycles. The van der Waals surface area contributed by atoms with E-state index in [1.807, 2.05) is 30.3 Å². The molecule has 146 valence electrons. The maximum absolute atomic E-state index is 12.8. The van der Waals surface area contributed by atoms with Gasteiger partial charge in [-0.25, -0.2) is 0 Å². The minimum Gasteiger partial charge on any atom is -0.361 e. The highest BCUT2D eigenvalue weighted by molar-refractivity contribution is 9.10. The zero-order chi connectivity index (χ0) is 20.2. The average Bonchev–Trinajstić information content (AvgIpc) is 3.06. The first-order chi connectivity index (χ1) is 13.2. The fourth-order valence-electron chi connectivity index (χ4n) is 3.70. The van der Waals surface area contributed by atoms with Crippen molar-refractivity contribution in [3.63, 3.8) is 0 Å². The Hall–Kier alpha value is -1.96. The van der Waals surface area contributed by atoms with Gasteiger partial charge in [-0.3, -0.25) is 14.5 Å². The van der Waals surface area contributed by atoms with Gasteiger partial charge >= 0.3 is 0 Å². The average molecular weight is 459 g/mol. The molecule has 0 atom stereocenters. The first-order valence-corrected chi connectivity index (χ1v) is 13.8. The Morgan fingerprint density at radius 3 is 2.43 bits per heavy atom. The van der Waals surface area contributed by atoms with E-state index in [9.17, 15) is 9.59 Å². The second kappa shape index (κ2) is 6.83. The highest BCUT2D eigenvalue weighted by Crippen LogP contribution is 2.40. The third-order valence-corrected chi connectivity index (χ3v) is 7.60. The summed E-state index contributed by atoms with van der Waals surface area (Å²) in [4.78, 5) is 26.6. The molecule has 7 heteroatoms. The maximum Gasteiger partial charge on any atom is 0.262 e. The minimum absolute atomic E-state index is 0.256. The molecule has 0 saturated heterocycles. The topological polar surface area (TPSA) is 51.5 Å². The van der Waals surface area contributed by atoms with Gasteiger partial charge in [-0.1, -0.05) is 37.8 Å². The summed E-state index contributed by atoms with van der Waals surface area (Å²) in [6.45, 7) is 8.12. The van der Waals surface area contributed by atoms with Gasteiger partial charge in [0.1, 0.15) is 6.73 Å². The number of amides is 2. The van der Waals surface area contributed by atoms with Crippen LogP contribution in [0.15, 0.2) is 34.8 Å². The van der Waals surface area contributed by atoms with E-state index in [2.05, 4.69) is 40.1 Å². The highest BCUT2D eigenvalue weighted by Gasteiger charge is 2.37. The molecule has 2 heterocycles. The molecule has 28 heavy (non-hydrogen) atoms. The molecule has 2 amide bonds. The summed E-state index contributed by atoms with van der Waals surface area (Å²) in [5.41, 5.74) is 2.83. The zero-order valence-electron chi connectivity index (χ0n) is 16.5. The summed E-state index contributed by atoms with van der Waals surface area (Å²) < 4.78 is 8.75. The lowest BCUT2D eigenvalue weighted by Crippen LogP contribution is -2.24. The molecule has 0 unspecified atom stereocenters. The summed E-state index contributed by atoms with van der Waals surface area (Å²) >= 11 is 3.51. The summed E-state index contributed by atoms with van der Waals surface area (Å²) in [5, 5.41) is 1.79. The Kier molecular flexibility index (Phi) is 4.72. The maximum atomic E-state index is 12.8. The quantitative estimate of drug-likeness (QED) is 0.303. The number of benzene rings is 2. The third-order valence-electron chi connectivity index (χ3n) is 5.27. The molecule has 0 spiro atoms. The van der Waals surface area contributed by atoms with E-state index in [-0.39, 0.29) is 11.8 Å². The van der Waals surface area contributed by atoms with Crippen LogP contribution >= 0.6 is 15.9 Å². The number of carbonyl (C=O) groups excluding carboxylic acids is 2. The van der Waals surface area contributed by atoms with E-state index in [1.54, 1.807) is 0 Å². The molecule has 1 aliphatic rings. The van der Waals surface area contributed by atoms with E-state index in [0.717, 1.165) is 34.5 Å². The van der Waals surface area contributed by atoms with Crippen molar-refractivity contribution in [3.8, 4) is 0 Å². The first-order valence-electron chi connectivity index (χ1n) is 9.34. The van der Waals surface area contributed by atoms with Crippen molar-refractivity contribution in [2.24, 2.45) is 0 Å². The number of imide groups is 1. The number of ether oxygens (including phenoxy) is 1. The molecule has 5 nitrogen and oxygen atoms in total. The van der Waals surface area contributed by atoms with Crippen molar-refractivity contribution in [1.82, 2.24) is 9.47 Å². The lowest BCUT2D eigenvalue weighted by Gasteiger charge is -2.16. The Balaban J connectivity index is 1.88. The summed E-state index contributed by atoms with van der Waals surface area (Å²) in [6, 6.07) is 11.0. The van der Waals surface area contributed by atoms with Gasteiger partial charge in [-0.2, -0.15) is 0 Å². The van der Waals surface area contributed by atoms with Gasteiger partial charge < -0.3 is 9.30 Å². The van der Waals surface area contributed by atoms with Gasteiger partial charge in [-0.05, 0) is 34.1 Å². The fourth-order valence-corrected chi connectivity index (χ4v) is 5.04. The molecular formula is C21H23BrN2O3Si. The zero-order valence-corrected chi connectivity index (χ0v) is 19.1. The van der Waals surface area contributed by atoms with E-state index in [0.29, 0.717) is 22.3 Å². The van der Waals surface area contributed by atoms with Crippen LogP contribution in [0.3, 0.4) is 0 Å². The highest BCUT2D eigenvalue weighted by atomic mass is 79.9. The summed E-state index contributed by atoms with van der Waals surface area (Å²) in [7, 11) is 0.366. The molecule has 0 fully saturated rings. The summed E-state index contributed by atoms with van der Waals surface area (Å²) in [6.07, 6.45) is 0. The van der Waals surface area contributed by atoms with Crippen molar-refractivity contribution >= 4 is 57.6 Å². The molecule has 1 aromatic heterocycles. The van der Waals surface area contributed by atoms with Gasteiger partial charge in [0.15, 0.2) is 0 Å². The SMILES string of the molecule is CN1C(=O)c2c(Br)cc3c(c2C1=O)c1ccccc1n3COCC[Si](C)(C)C. The normalized spacial score (nSPS) is 14.5. The van der Waals surface area contributed by atoms with Gasteiger partial charge in [0.05, 0.1) is 22.2 Å². The van der Waals surface area contributed by atoms with Crippen LogP contribution in [0, 0.1) is 0 Å². The number of para-hydroxylation sites is 1. The Morgan fingerprint density at radius 2 is 1.71 bits per heavy atom. The smallest absolute Gasteiger partial charge is 0.262 e.